The first kappa shape index (κ1) is 21.2. The maximum absolute atomic E-state index is 13.4. The van der Waals surface area contributed by atoms with Gasteiger partial charge >= 0.3 is 0 Å². The van der Waals surface area contributed by atoms with Crippen molar-refractivity contribution in [2.75, 3.05) is 13.1 Å². The lowest BCUT2D eigenvalue weighted by Gasteiger charge is -2.46. The molecule has 1 aromatic carbocycles. The molecule has 1 saturated heterocycles. The first-order valence-electron chi connectivity index (χ1n) is 10.9. The average molecular weight is 473 g/mol. The SMILES string of the molecule is O=CC(Cc1cnc[nH]1)NC[C@@H]1C[C@H]2CCCC[C@H]2CN1C(=O)c1ccc(Br)cc1. The van der Waals surface area contributed by atoms with Crippen molar-refractivity contribution in [2.45, 2.75) is 50.6 Å². The molecular formula is C23H29BrN4O2. The smallest absolute Gasteiger partial charge is 0.254 e. The molecule has 2 N–H and O–H groups in total. The number of fused-ring (bicyclic) bond motifs is 1. The number of aromatic amines is 1. The normalized spacial score (nSPS) is 24.8. The van der Waals surface area contributed by atoms with Crippen LogP contribution in [0.2, 0.25) is 0 Å². The standard InChI is InChI=1S/C23H29BrN4O2/c24-19-7-5-16(6-8-19)23(30)28-13-18-4-2-1-3-17(18)9-22(28)12-26-21(14-29)10-20-11-25-15-27-20/h5-8,11,14-15,17-18,21-22,26H,1-4,9-10,12-13H2,(H,25,27)/t17-,18+,21?,22+/m1/s1. The summed E-state index contributed by atoms with van der Waals surface area (Å²) in [4.78, 5) is 34.1. The fourth-order valence-corrected chi connectivity index (χ4v) is 5.27. The first-order chi connectivity index (χ1) is 14.6. The van der Waals surface area contributed by atoms with E-state index in [2.05, 4.69) is 36.1 Å². The van der Waals surface area contributed by atoms with Gasteiger partial charge in [0.05, 0.1) is 12.4 Å². The van der Waals surface area contributed by atoms with Crippen LogP contribution in [-0.4, -0.2) is 52.2 Å². The lowest BCUT2D eigenvalue weighted by atomic mass is 9.72. The Morgan fingerprint density at radius 2 is 2.03 bits per heavy atom. The second-order valence-corrected chi connectivity index (χ2v) is 9.51. The summed E-state index contributed by atoms with van der Waals surface area (Å²) >= 11 is 3.45. The highest BCUT2D eigenvalue weighted by molar-refractivity contribution is 9.10. The van der Waals surface area contributed by atoms with Gasteiger partial charge in [0.2, 0.25) is 0 Å². The second kappa shape index (κ2) is 9.88. The molecule has 2 fully saturated rings. The van der Waals surface area contributed by atoms with Crippen LogP contribution in [0.5, 0.6) is 0 Å². The minimum Gasteiger partial charge on any atom is -0.348 e. The number of nitrogens with zero attached hydrogens (tertiary/aromatic N) is 2. The molecule has 2 aromatic rings. The number of piperidine rings is 1. The molecule has 7 heteroatoms. The highest BCUT2D eigenvalue weighted by Crippen LogP contribution is 2.39. The fourth-order valence-electron chi connectivity index (χ4n) is 5.00. The number of H-pyrrole nitrogens is 1. The Morgan fingerprint density at radius 1 is 1.27 bits per heavy atom. The number of likely N-dealkylation sites (tertiary alicyclic amines) is 1. The third kappa shape index (κ3) is 5.01. The van der Waals surface area contributed by atoms with Crippen LogP contribution >= 0.6 is 15.9 Å². The van der Waals surface area contributed by atoms with Crippen molar-refractivity contribution in [2.24, 2.45) is 11.8 Å². The van der Waals surface area contributed by atoms with Crippen molar-refractivity contribution < 1.29 is 9.59 Å². The molecule has 6 nitrogen and oxygen atoms in total. The summed E-state index contributed by atoms with van der Waals surface area (Å²) in [6.45, 7) is 1.45. The van der Waals surface area contributed by atoms with Gasteiger partial charge in [-0.2, -0.15) is 0 Å². The molecule has 160 valence electrons. The zero-order valence-electron chi connectivity index (χ0n) is 17.1. The van der Waals surface area contributed by atoms with E-state index in [0.29, 0.717) is 24.8 Å². The molecular weight excluding hydrogens is 444 g/mol. The maximum atomic E-state index is 13.4. The van der Waals surface area contributed by atoms with Gasteiger partial charge in [-0.1, -0.05) is 35.2 Å². The van der Waals surface area contributed by atoms with E-state index in [-0.39, 0.29) is 18.0 Å². The van der Waals surface area contributed by atoms with Crippen molar-refractivity contribution in [1.82, 2.24) is 20.2 Å². The van der Waals surface area contributed by atoms with Gasteiger partial charge in [0.15, 0.2) is 0 Å². The zero-order valence-corrected chi connectivity index (χ0v) is 18.7. The number of hydrogen-bond donors (Lipinski definition) is 2. The monoisotopic (exact) mass is 472 g/mol. The van der Waals surface area contributed by atoms with Crippen LogP contribution in [0.4, 0.5) is 0 Å². The van der Waals surface area contributed by atoms with Gasteiger partial charge in [-0.15, -0.1) is 0 Å². The number of imidazole rings is 1. The summed E-state index contributed by atoms with van der Waals surface area (Å²) in [7, 11) is 0. The van der Waals surface area contributed by atoms with E-state index < -0.39 is 0 Å². The number of carbonyl (C=O) groups is 2. The summed E-state index contributed by atoms with van der Waals surface area (Å²) in [6, 6.07) is 7.41. The zero-order chi connectivity index (χ0) is 20.9. The molecule has 2 aliphatic rings. The minimum absolute atomic E-state index is 0.0922. The number of nitrogens with one attached hydrogen (secondary N) is 2. The van der Waals surface area contributed by atoms with Crippen LogP contribution in [0.1, 0.15) is 48.2 Å². The quantitative estimate of drug-likeness (QED) is 0.603. The molecule has 1 saturated carbocycles. The molecule has 2 heterocycles. The Kier molecular flexibility index (Phi) is 7.00. The van der Waals surface area contributed by atoms with E-state index in [1.165, 1.54) is 25.7 Å². The number of benzene rings is 1. The summed E-state index contributed by atoms with van der Waals surface area (Å²) in [6.07, 6.45) is 10.9. The number of halogens is 1. The number of amides is 1. The van der Waals surface area contributed by atoms with Crippen LogP contribution in [0.25, 0.3) is 0 Å². The van der Waals surface area contributed by atoms with Gasteiger partial charge in [0, 0.05) is 47.5 Å². The largest absolute Gasteiger partial charge is 0.348 e. The van der Waals surface area contributed by atoms with Crippen LogP contribution in [-0.2, 0) is 11.2 Å². The molecule has 1 aliphatic carbocycles. The fraction of sp³-hybridized carbons (Fsp3) is 0.522. The molecule has 4 rings (SSSR count). The van der Waals surface area contributed by atoms with Gasteiger partial charge in [0.25, 0.3) is 5.91 Å². The van der Waals surface area contributed by atoms with Crippen LogP contribution in [0.3, 0.4) is 0 Å². The lowest BCUT2D eigenvalue weighted by molar-refractivity contribution is -0.109. The Bertz CT molecular complexity index is 839. The first-order valence-corrected chi connectivity index (χ1v) is 11.7. The Labute approximate surface area is 186 Å². The van der Waals surface area contributed by atoms with Crippen molar-refractivity contribution in [3.05, 3.63) is 52.5 Å². The van der Waals surface area contributed by atoms with Crippen molar-refractivity contribution in [1.29, 1.82) is 0 Å². The van der Waals surface area contributed by atoms with Crippen molar-refractivity contribution in [3.8, 4) is 0 Å². The van der Waals surface area contributed by atoms with E-state index in [0.717, 1.165) is 35.0 Å². The van der Waals surface area contributed by atoms with E-state index in [9.17, 15) is 9.59 Å². The highest BCUT2D eigenvalue weighted by atomic mass is 79.9. The van der Waals surface area contributed by atoms with Gasteiger partial charge < -0.3 is 20.0 Å². The Hall–Kier alpha value is -1.99. The number of aromatic nitrogens is 2. The predicted molar refractivity (Wildman–Crippen MR) is 119 cm³/mol. The molecule has 1 aromatic heterocycles. The predicted octanol–water partition coefficient (Wildman–Crippen LogP) is 3.59. The molecule has 30 heavy (non-hydrogen) atoms. The molecule has 0 radical (unpaired) electrons. The molecule has 1 aliphatic heterocycles. The minimum atomic E-state index is -0.292. The number of hydrogen-bond acceptors (Lipinski definition) is 4. The van der Waals surface area contributed by atoms with Gasteiger partial charge in [0.1, 0.15) is 6.29 Å². The maximum Gasteiger partial charge on any atom is 0.254 e. The third-order valence-electron chi connectivity index (χ3n) is 6.64. The Morgan fingerprint density at radius 3 is 2.73 bits per heavy atom. The lowest BCUT2D eigenvalue weighted by Crippen LogP contribution is -2.55. The van der Waals surface area contributed by atoms with E-state index in [1.807, 2.05) is 24.3 Å². The summed E-state index contributed by atoms with van der Waals surface area (Å²) in [5.41, 5.74) is 1.65. The van der Waals surface area contributed by atoms with Crippen molar-refractivity contribution in [3.63, 3.8) is 0 Å². The number of aldehydes is 1. The molecule has 1 unspecified atom stereocenters. The van der Waals surface area contributed by atoms with Gasteiger partial charge in [-0.3, -0.25) is 4.79 Å². The van der Waals surface area contributed by atoms with E-state index in [1.54, 1.807) is 12.5 Å². The van der Waals surface area contributed by atoms with Crippen LogP contribution in [0, 0.1) is 11.8 Å². The van der Waals surface area contributed by atoms with Crippen molar-refractivity contribution >= 4 is 28.1 Å². The van der Waals surface area contributed by atoms with Crippen LogP contribution < -0.4 is 5.32 Å². The molecule has 1 amide bonds. The highest BCUT2D eigenvalue weighted by Gasteiger charge is 2.39. The van der Waals surface area contributed by atoms with Crippen LogP contribution in [0.15, 0.2) is 41.3 Å². The van der Waals surface area contributed by atoms with Gasteiger partial charge in [-0.05, 0) is 48.9 Å². The molecule has 4 atom stereocenters. The Balaban J connectivity index is 1.47. The van der Waals surface area contributed by atoms with E-state index >= 15 is 0 Å². The van der Waals surface area contributed by atoms with Gasteiger partial charge in [-0.25, -0.2) is 4.98 Å². The molecule has 0 bridgehead atoms. The summed E-state index contributed by atoms with van der Waals surface area (Å²) < 4.78 is 0.968. The summed E-state index contributed by atoms with van der Waals surface area (Å²) in [5, 5.41) is 3.40. The topological polar surface area (TPSA) is 78.1 Å². The third-order valence-corrected chi connectivity index (χ3v) is 7.17. The van der Waals surface area contributed by atoms with E-state index in [4.69, 9.17) is 0 Å². The number of carbonyl (C=O) groups excluding carboxylic acids is 2. The average Bonchev–Trinajstić information content (AvgIpc) is 3.29. The number of rotatable bonds is 7. The molecule has 0 spiro atoms. The summed E-state index contributed by atoms with van der Waals surface area (Å²) in [5.74, 6) is 1.37. The second-order valence-electron chi connectivity index (χ2n) is 8.59.